The van der Waals surface area contributed by atoms with Gasteiger partial charge in [-0.15, -0.1) is 0 Å². The van der Waals surface area contributed by atoms with Crippen LogP contribution in [0.5, 0.6) is 11.5 Å². The number of benzene rings is 2. The minimum absolute atomic E-state index is 0.00786. The molecule has 0 aliphatic heterocycles. The van der Waals surface area contributed by atoms with E-state index in [1.54, 1.807) is 12.4 Å². The van der Waals surface area contributed by atoms with Crippen LogP contribution in [-0.4, -0.2) is 48.2 Å². The number of aliphatic hydroxyl groups is 1. The number of H-pyrrole nitrogens is 2. The molecule has 6 aromatic rings. The fourth-order valence-corrected chi connectivity index (χ4v) is 4.17. The minimum atomic E-state index is -0.00786. The van der Waals surface area contributed by atoms with E-state index >= 15 is 0 Å². The van der Waals surface area contributed by atoms with Crippen LogP contribution in [0.25, 0.3) is 45.1 Å². The zero-order valence-electron chi connectivity index (χ0n) is 20.8. The lowest BCUT2D eigenvalue weighted by Gasteiger charge is -2.08. The zero-order valence-corrected chi connectivity index (χ0v) is 20.8. The molecule has 9 heteroatoms. The molecule has 0 spiro atoms. The van der Waals surface area contributed by atoms with Crippen LogP contribution in [0.3, 0.4) is 0 Å². The second-order valence-electron chi connectivity index (χ2n) is 9.01. The number of aryl methyl sites for hydroxylation is 1. The minimum Gasteiger partial charge on any atom is -0.492 e. The summed E-state index contributed by atoms with van der Waals surface area (Å²) in [5, 5.41) is 9.32. The Morgan fingerprint density at radius 2 is 1.29 bits per heavy atom. The van der Waals surface area contributed by atoms with Gasteiger partial charge < -0.3 is 24.5 Å². The van der Waals surface area contributed by atoms with Gasteiger partial charge in [-0.3, -0.25) is 0 Å². The van der Waals surface area contributed by atoms with Crippen molar-refractivity contribution in [3.05, 3.63) is 84.2 Å². The number of aromatic amines is 2. The monoisotopic (exact) mass is 506 g/mol. The highest BCUT2D eigenvalue weighted by atomic mass is 16.5. The summed E-state index contributed by atoms with van der Waals surface area (Å²) in [5.41, 5.74) is 7.11. The quantitative estimate of drug-likeness (QED) is 0.230. The SMILES string of the molecule is Cc1ccc2nc(-c3ccc(OCCCOc4ccc(-c5nc6ccc(CO)cc6[nH]5)nc4)cn3)[nH]c2c1. The summed E-state index contributed by atoms with van der Waals surface area (Å²) in [4.78, 5) is 24.7. The van der Waals surface area contributed by atoms with Crippen molar-refractivity contribution in [1.82, 2.24) is 29.9 Å². The smallest absolute Gasteiger partial charge is 0.157 e. The average molecular weight is 507 g/mol. The van der Waals surface area contributed by atoms with Gasteiger partial charge >= 0.3 is 0 Å². The van der Waals surface area contributed by atoms with E-state index in [0.29, 0.717) is 37.0 Å². The highest BCUT2D eigenvalue weighted by molar-refractivity contribution is 5.80. The molecule has 0 saturated heterocycles. The molecule has 4 aromatic heterocycles. The first-order valence-corrected chi connectivity index (χ1v) is 12.4. The van der Waals surface area contributed by atoms with Crippen molar-refractivity contribution in [3.8, 4) is 34.5 Å². The largest absolute Gasteiger partial charge is 0.492 e. The van der Waals surface area contributed by atoms with Crippen molar-refractivity contribution in [2.45, 2.75) is 20.0 Å². The van der Waals surface area contributed by atoms with Gasteiger partial charge in [0.05, 0.1) is 54.3 Å². The highest BCUT2D eigenvalue weighted by Crippen LogP contribution is 2.23. The molecule has 0 radical (unpaired) electrons. The predicted octanol–water partition coefficient (Wildman–Crippen LogP) is 5.21. The third-order valence-electron chi connectivity index (χ3n) is 6.15. The van der Waals surface area contributed by atoms with Crippen molar-refractivity contribution in [2.75, 3.05) is 13.2 Å². The molecule has 4 heterocycles. The number of hydrogen-bond acceptors (Lipinski definition) is 7. The van der Waals surface area contributed by atoms with Crippen molar-refractivity contribution in [3.63, 3.8) is 0 Å². The number of aromatic nitrogens is 6. The van der Waals surface area contributed by atoms with Crippen LogP contribution in [0.1, 0.15) is 17.5 Å². The lowest BCUT2D eigenvalue weighted by molar-refractivity contribution is 0.246. The Bertz CT molecular complexity index is 1690. The average Bonchev–Trinajstić information content (AvgIpc) is 3.57. The van der Waals surface area contributed by atoms with E-state index in [1.807, 2.05) is 54.6 Å². The van der Waals surface area contributed by atoms with Gasteiger partial charge in [0.1, 0.15) is 22.9 Å². The summed E-state index contributed by atoms with van der Waals surface area (Å²) < 4.78 is 11.6. The van der Waals surface area contributed by atoms with Gasteiger partial charge in [-0.05, 0) is 66.6 Å². The van der Waals surface area contributed by atoms with Crippen LogP contribution < -0.4 is 9.47 Å². The number of pyridine rings is 2. The molecule has 0 aliphatic rings. The molecule has 38 heavy (non-hydrogen) atoms. The maximum Gasteiger partial charge on any atom is 0.157 e. The fourth-order valence-electron chi connectivity index (χ4n) is 4.17. The Labute approximate surface area is 218 Å². The Balaban J connectivity index is 0.981. The van der Waals surface area contributed by atoms with Crippen molar-refractivity contribution in [1.29, 1.82) is 0 Å². The lowest BCUT2D eigenvalue weighted by Crippen LogP contribution is -2.05. The molecule has 0 amide bonds. The van der Waals surface area contributed by atoms with Crippen LogP contribution >= 0.6 is 0 Å². The van der Waals surface area contributed by atoms with E-state index in [0.717, 1.165) is 44.8 Å². The van der Waals surface area contributed by atoms with Gasteiger partial charge in [-0.2, -0.15) is 0 Å². The molecule has 3 N–H and O–H groups in total. The van der Waals surface area contributed by atoms with Gasteiger partial charge in [0, 0.05) is 6.42 Å². The molecule has 0 atom stereocenters. The molecule has 0 unspecified atom stereocenters. The Morgan fingerprint density at radius 3 is 1.84 bits per heavy atom. The normalized spacial score (nSPS) is 11.3. The standard InChI is InChI=1S/C29H26N6O3/c1-18-3-7-22-26(13-18)34-28(32-22)24-9-5-20(15-30-24)37-11-2-12-38-21-6-10-25(31-16-21)29-33-23-8-4-19(17-36)14-27(23)35-29/h3-10,13-16,36H,2,11-12,17H2,1H3,(H,32,34)(H,33,35). The van der Waals surface area contributed by atoms with Crippen molar-refractivity contribution < 1.29 is 14.6 Å². The van der Waals surface area contributed by atoms with Gasteiger partial charge in [0.25, 0.3) is 0 Å². The first-order chi connectivity index (χ1) is 18.6. The number of imidazole rings is 2. The molecule has 9 nitrogen and oxygen atoms in total. The third-order valence-corrected chi connectivity index (χ3v) is 6.15. The number of hydrogen-bond donors (Lipinski definition) is 3. The molecule has 0 fully saturated rings. The van der Waals surface area contributed by atoms with Crippen LogP contribution in [0.15, 0.2) is 73.1 Å². The van der Waals surface area contributed by atoms with Gasteiger partial charge in [0.2, 0.25) is 0 Å². The first-order valence-electron chi connectivity index (χ1n) is 12.4. The lowest BCUT2D eigenvalue weighted by atomic mass is 10.2. The fraction of sp³-hybridized carbons (Fsp3) is 0.172. The van der Waals surface area contributed by atoms with Gasteiger partial charge in [-0.1, -0.05) is 12.1 Å². The number of nitrogens with one attached hydrogen (secondary N) is 2. The molecule has 0 aliphatic carbocycles. The molecule has 0 saturated carbocycles. The second-order valence-corrected chi connectivity index (χ2v) is 9.01. The summed E-state index contributed by atoms with van der Waals surface area (Å²) in [7, 11) is 0. The molecular weight excluding hydrogens is 480 g/mol. The van der Waals surface area contributed by atoms with Crippen LogP contribution in [-0.2, 0) is 6.61 Å². The molecule has 2 aromatic carbocycles. The Morgan fingerprint density at radius 1 is 0.711 bits per heavy atom. The van der Waals surface area contributed by atoms with Crippen LogP contribution in [0.2, 0.25) is 0 Å². The number of fused-ring (bicyclic) bond motifs is 2. The first kappa shape index (κ1) is 23.6. The summed E-state index contributed by atoms with van der Waals surface area (Å²) in [5.74, 6) is 2.79. The topological polar surface area (TPSA) is 122 Å². The summed E-state index contributed by atoms with van der Waals surface area (Å²) in [6.07, 6.45) is 4.10. The van der Waals surface area contributed by atoms with Gasteiger partial charge in [0.15, 0.2) is 11.6 Å². The molecule has 0 bridgehead atoms. The summed E-state index contributed by atoms with van der Waals surface area (Å²) >= 11 is 0. The van der Waals surface area contributed by atoms with E-state index in [2.05, 4.69) is 42.9 Å². The molecule has 190 valence electrons. The number of ether oxygens (including phenoxy) is 2. The van der Waals surface area contributed by atoms with Crippen LogP contribution in [0, 0.1) is 6.92 Å². The van der Waals surface area contributed by atoms with E-state index in [-0.39, 0.29) is 6.61 Å². The number of nitrogens with zero attached hydrogens (tertiary/aromatic N) is 4. The van der Waals surface area contributed by atoms with E-state index in [9.17, 15) is 5.11 Å². The number of aliphatic hydroxyl groups excluding tert-OH is 1. The maximum absolute atomic E-state index is 9.32. The Hall–Kier alpha value is -4.76. The summed E-state index contributed by atoms with van der Waals surface area (Å²) in [6.45, 7) is 3.05. The van der Waals surface area contributed by atoms with Crippen molar-refractivity contribution >= 4 is 22.1 Å². The molecule has 6 rings (SSSR count). The second kappa shape index (κ2) is 10.3. The predicted molar refractivity (Wildman–Crippen MR) is 145 cm³/mol. The number of rotatable bonds is 9. The Kier molecular flexibility index (Phi) is 6.41. The van der Waals surface area contributed by atoms with E-state index < -0.39 is 0 Å². The molecular formula is C29H26N6O3. The van der Waals surface area contributed by atoms with E-state index in [1.165, 1.54) is 5.56 Å². The van der Waals surface area contributed by atoms with Crippen molar-refractivity contribution in [2.24, 2.45) is 0 Å². The summed E-state index contributed by atoms with van der Waals surface area (Å²) in [6, 6.07) is 19.3. The van der Waals surface area contributed by atoms with Gasteiger partial charge in [-0.25, -0.2) is 19.9 Å². The van der Waals surface area contributed by atoms with E-state index in [4.69, 9.17) is 9.47 Å². The van der Waals surface area contributed by atoms with Crippen LogP contribution in [0.4, 0.5) is 0 Å². The highest BCUT2D eigenvalue weighted by Gasteiger charge is 2.09. The zero-order chi connectivity index (χ0) is 25.9. The third kappa shape index (κ3) is 5.05. The maximum atomic E-state index is 9.32.